The molecule has 0 saturated carbocycles. The maximum absolute atomic E-state index is 4.41. The van der Waals surface area contributed by atoms with Gasteiger partial charge in [0, 0.05) is 23.8 Å². The lowest BCUT2D eigenvalue weighted by molar-refractivity contribution is 0.174. The van der Waals surface area contributed by atoms with Gasteiger partial charge in [0.25, 0.3) is 0 Å². The Hall–Kier alpha value is -0.410. The van der Waals surface area contributed by atoms with Crippen LogP contribution in [0.5, 0.6) is 0 Å². The summed E-state index contributed by atoms with van der Waals surface area (Å²) < 4.78 is 1.13. The first-order chi connectivity index (χ1) is 7.25. The summed E-state index contributed by atoms with van der Waals surface area (Å²) in [5.41, 5.74) is 1.16. The molecular weight excluding hydrogens is 252 g/mol. The van der Waals surface area contributed by atoms with E-state index in [2.05, 4.69) is 38.8 Å². The molecule has 1 saturated heterocycles. The number of piperidine rings is 1. The Balaban J connectivity index is 1.99. The summed E-state index contributed by atoms with van der Waals surface area (Å²) >= 11 is 3.55. The SMILES string of the molecule is CC1CCCN(Cc2ncccc2Br)C1. The van der Waals surface area contributed by atoms with Crippen LogP contribution in [0.4, 0.5) is 0 Å². The second-order valence-corrected chi connectivity index (χ2v) is 5.27. The monoisotopic (exact) mass is 268 g/mol. The van der Waals surface area contributed by atoms with Crippen LogP contribution in [0.15, 0.2) is 22.8 Å². The third kappa shape index (κ3) is 3.02. The van der Waals surface area contributed by atoms with Gasteiger partial charge < -0.3 is 0 Å². The van der Waals surface area contributed by atoms with Gasteiger partial charge in [0.15, 0.2) is 0 Å². The summed E-state index contributed by atoms with van der Waals surface area (Å²) in [5.74, 6) is 0.834. The van der Waals surface area contributed by atoms with E-state index in [1.54, 1.807) is 0 Å². The molecule has 1 fully saturated rings. The van der Waals surface area contributed by atoms with Crippen molar-refractivity contribution >= 4 is 15.9 Å². The first-order valence-electron chi connectivity index (χ1n) is 5.57. The highest BCUT2D eigenvalue weighted by molar-refractivity contribution is 9.10. The van der Waals surface area contributed by atoms with Gasteiger partial charge in [-0.15, -0.1) is 0 Å². The number of likely N-dealkylation sites (tertiary alicyclic amines) is 1. The highest BCUT2D eigenvalue weighted by atomic mass is 79.9. The molecule has 2 heterocycles. The van der Waals surface area contributed by atoms with Gasteiger partial charge in [0.1, 0.15) is 0 Å². The summed E-state index contributed by atoms with van der Waals surface area (Å²) in [5, 5.41) is 0. The van der Waals surface area contributed by atoms with Crippen LogP contribution in [0, 0.1) is 5.92 Å². The van der Waals surface area contributed by atoms with E-state index in [4.69, 9.17) is 0 Å². The first-order valence-corrected chi connectivity index (χ1v) is 6.37. The molecule has 0 N–H and O–H groups in total. The van der Waals surface area contributed by atoms with E-state index in [-0.39, 0.29) is 0 Å². The van der Waals surface area contributed by atoms with E-state index in [0.29, 0.717) is 0 Å². The number of aromatic nitrogens is 1. The van der Waals surface area contributed by atoms with Gasteiger partial charge in [-0.2, -0.15) is 0 Å². The van der Waals surface area contributed by atoms with Crippen LogP contribution >= 0.6 is 15.9 Å². The Morgan fingerprint density at radius 3 is 3.20 bits per heavy atom. The molecule has 1 aliphatic heterocycles. The van der Waals surface area contributed by atoms with Crippen LogP contribution in [0.3, 0.4) is 0 Å². The largest absolute Gasteiger partial charge is 0.297 e. The molecule has 0 aromatic carbocycles. The Morgan fingerprint density at radius 2 is 2.47 bits per heavy atom. The second-order valence-electron chi connectivity index (χ2n) is 4.41. The van der Waals surface area contributed by atoms with Crippen LogP contribution in [0.1, 0.15) is 25.5 Å². The molecule has 1 atom stereocenters. The zero-order valence-electron chi connectivity index (χ0n) is 9.12. The van der Waals surface area contributed by atoms with E-state index in [1.165, 1.54) is 25.9 Å². The van der Waals surface area contributed by atoms with E-state index >= 15 is 0 Å². The maximum atomic E-state index is 4.41. The third-order valence-corrected chi connectivity index (χ3v) is 3.67. The minimum absolute atomic E-state index is 0.834. The van der Waals surface area contributed by atoms with Gasteiger partial charge in [-0.05, 0) is 53.4 Å². The van der Waals surface area contributed by atoms with Crippen molar-refractivity contribution in [3.63, 3.8) is 0 Å². The number of rotatable bonds is 2. The predicted molar refractivity (Wildman–Crippen MR) is 65.6 cm³/mol. The van der Waals surface area contributed by atoms with Crippen molar-refractivity contribution in [1.82, 2.24) is 9.88 Å². The van der Waals surface area contributed by atoms with Crippen molar-refractivity contribution in [3.8, 4) is 0 Å². The first kappa shape index (κ1) is 11.1. The minimum Gasteiger partial charge on any atom is -0.297 e. The van der Waals surface area contributed by atoms with Crippen LogP contribution in [-0.4, -0.2) is 23.0 Å². The number of halogens is 1. The standard InChI is InChI=1S/C12H17BrN2/c1-10-4-3-7-15(8-10)9-12-11(13)5-2-6-14-12/h2,5-6,10H,3-4,7-9H2,1H3. The van der Waals surface area contributed by atoms with Gasteiger partial charge in [-0.1, -0.05) is 6.92 Å². The van der Waals surface area contributed by atoms with Crippen LogP contribution in [0.2, 0.25) is 0 Å². The van der Waals surface area contributed by atoms with Gasteiger partial charge in [0.05, 0.1) is 5.69 Å². The summed E-state index contributed by atoms with van der Waals surface area (Å²) in [4.78, 5) is 6.91. The average Bonchev–Trinajstić information content (AvgIpc) is 2.22. The smallest absolute Gasteiger partial charge is 0.0685 e. The number of hydrogen-bond acceptors (Lipinski definition) is 2. The van der Waals surface area contributed by atoms with Crippen molar-refractivity contribution in [2.24, 2.45) is 5.92 Å². The summed E-state index contributed by atoms with van der Waals surface area (Å²) in [7, 11) is 0. The van der Waals surface area contributed by atoms with Crippen LogP contribution in [0.25, 0.3) is 0 Å². The van der Waals surface area contributed by atoms with E-state index in [0.717, 1.165) is 22.6 Å². The fourth-order valence-corrected chi connectivity index (χ4v) is 2.56. The molecule has 0 aliphatic carbocycles. The normalized spacial score (nSPS) is 22.9. The number of nitrogens with zero attached hydrogens (tertiary/aromatic N) is 2. The maximum Gasteiger partial charge on any atom is 0.0685 e. The molecule has 1 aromatic rings. The molecule has 1 unspecified atom stereocenters. The minimum atomic E-state index is 0.834. The molecule has 0 spiro atoms. The molecule has 0 bridgehead atoms. The molecule has 1 aromatic heterocycles. The van der Waals surface area contributed by atoms with E-state index in [1.807, 2.05) is 12.3 Å². The Morgan fingerprint density at radius 1 is 1.60 bits per heavy atom. The Bertz CT molecular complexity index is 327. The highest BCUT2D eigenvalue weighted by Gasteiger charge is 2.17. The lowest BCUT2D eigenvalue weighted by Crippen LogP contribution is -2.34. The molecule has 0 amide bonds. The summed E-state index contributed by atoms with van der Waals surface area (Å²) in [6.45, 7) is 5.74. The van der Waals surface area contributed by atoms with Gasteiger partial charge in [-0.3, -0.25) is 9.88 Å². The topological polar surface area (TPSA) is 16.1 Å². The van der Waals surface area contributed by atoms with Crippen molar-refractivity contribution in [1.29, 1.82) is 0 Å². The molecule has 2 nitrogen and oxygen atoms in total. The molecule has 2 rings (SSSR count). The summed E-state index contributed by atoms with van der Waals surface area (Å²) in [6, 6.07) is 4.03. The van der Waals surface area contributed by atoms with Crippen molar-refractivity contribution in [2.45, 2.75) is 26.3 Å². The Labute approximate surface area is 99.8 Å². The van der Waals surface area contributed by atoms with Gasteiger partial charge >= 0.3 is 0 Å². The summed E-state index contributed by atoms with van der Waals surface area (Å²) in [6.07, 6.45) is 4.57. The van der Waals surface area contributed by atoms with Crippen LogP contribution < -0.4 is 0 Å². The lowest BCUT2D eigenvalue weighted by atomic mass is 10.0. The number of hydrogen-bond donors (Lipinski definition) is 0. The molecule has 15 heavy (non-hydrogen) atoms. The molecular formula is C12H17BrN2. The average molecular weight is 269 g/mol. The van der Waals surface area contributed by atoms with Crippen molar-refractivity contribution < 1.29 is 0 Å². The predicted octanol–water partition coefficient (Wildman–Crippen LogP) is 3.08. The van der Waals surface area contributed by atoms with E-state index in [9.17, 15) is 0 Å². The fraction of sp³-hybridized carbons (Fsp3) is 0.583. The quantitative estimate of drug-likeness (QED) is 0.820. The van der Waals surface area contributed by atoms with Gasteiger partial charge in [-0.25, -0.2) is 0 Å². The lowest BCUT2D eigenvalue weighted by Gasteiger charge is -2.30. The second kappa shape index (κ2) is 5.08. The molecule has 3 heteroatoms. The molecule has 82 valence electrons. The van der Waals surface area contributed by atoms with Crippen LogP contribution in [-0.2, 0) is 6.54 Å². The highest BCUT2D eigenvalue weighted by Crippen LogP contribution is 2.20. The van der Waals surface area contributed by atoms with Gasteiger partial charge in [0.2, 0.25) is 0 Å². The Kier molecular flexibility index (Phi) is 3.76. The van der Waals surface area contributed by atoms with Crippen molar-refractivity contribution in [3.05, 3.63) is 28.5 Å². The third-order valence-electron chi connectivity index (χ3n) is 2.95. The molecule has 0 radical (unpaired) electrons. The number of pyridine rings is 1. The van der Waals surface area contributed by atoms with Crippen molar-refractivity contribution in [2.75, 3.05) is 13.1 Å². The molecule has 1 aliphatic rings. The fourth-order valence-electron chi connectivity index (χ4n) is 2.18. The zero-order chi connectivity index (χ0) is 10.7. The zero-order valence-corrected chi connectivity index (χ0v) is 10.7. The van der Waals surface area contributed by atoms with E-state index < -0.39 is 0 Å².